The number of carboxylic acid groups (broad SMARTS) is 1. The van der Waals surface area contributed by atoms with E-state index >= 15 is 0 Å². The third-order valence-electron chi connectivity index (χ3n) is 3.04. The first-order valence-corrected chi connectivity index (χ1v) is 6.97. The molecule has 2 rings (SSSR count). The summed E-state index contributed by atoms with van der Waals surface area (Å²) >= 11 is 5.01. The van der Waals surface area contributed by atoms with Crippen molar-refractivity contribution in [2.75, 3.05) is 5.32 Å². The van der Waals surface area contributed by atoms with Gasteiger partial charge in [0.05, 0.1) is 5.97 Å². The van der Waals surface area contributed by atoms with Crippen LogP contribution in [-0.2, 0) is 0 Å². The Morgan fingerprint density at radius 3 is 2.52 bits per heavy atom. The van der Waals surface area contributed by atoms with Gasteiger partial charge in [0.2, 0.25) is 0 Å². The number of carboxylic acids is 1. The van der Waals surface area contributed by atoms with Crippen molar-refractivity contribution < 1.29 is 19.1 Å². The van der Waals surface area contributed by atoms with E-state index < -0.39 is 17.7 Å². The summed E-state index contributed by atoms with van der Waals surface area (Å²) in [5.74, 6) is -2.42. The van der Waals surface area contributed by atoms with E-state index in [1.54, 1.807) is 13.0 Å². The molecule has 0 saturated heterocycles. The summed E-state index contributed by atoms with van der Waals surface area (Å²) in [7, 11) is 0. The number of aryl methyl sites for hydroxylation is 1. The first-order chi connectivity index (χ1) is 10.9. The second-order valence-corrected chi connectivity index (χ2v) is 5.14. The van der Waals surface area contributed by atoms with Crippen LogP contribution in [0.15, 0.2) is 42.5 Å². The quantitative estimate of drug-likeness (QED) is 0.836. The molecule has 0 fully saturated rings. The molecule has 0 atom stereocenters. The van der Waals surface area contributed by atoms with Crippen LogP contribution in [0.1, 0.15) is 26.3 Å². The van der Waals surface area contributed by atoms with E-state index in [1.807, 2.05) is 0 Å². The first kappa shape index (κ1) is 16.6. The van der Waals surface area contributed by atoms with Gasteiger partial charge in [-0.25, -0.2) is 4.39 Å². The molecule has 2 N–H and O–H groups in total. The minimum absolute atomic E-state index is 0.0163. The molecule has 0 radical (unpaired) electrons. The second kappa shape index (κ2) is 6.97. The average molecular weight is 331 g/mol. The molecule has 0 bridgehead atoms. The lowest BCUT2D eigenvalue weighted by Gasteiger charge is -2.13. The van der Waals surface area contributed by atoms with Crippen molar-refractivity contribution in [1.82, 2.24) is 5.32 Å². The lowest BCUT2D eigenvalue weighted by Crippen LogP contribution is -2.34. The van der Waals surface area contributed by atoms with E-state index in [1.165, 1.54) is 30.3 Å². The van der Waals surface area contributed by atoms with E-state index in [2.05, 4.69) is 10.6 Å². The van der Waals surface area contributed by atoms with Crippen molar-refractivity contribution in [3.05, 3.63) is 65.0 Å². The zero-order chi connectivity index (χ0) is 17.0. The van der Waals surface area contributed by atoms with Gasteiger partial charge < -0.3 is 15.2 Å². The van der Waals surface area contributed by atoms with Gasteiger partial charge in [0.15, 0.2) is 5.11 Å². The van der Waals surface area contributed by atoms with Crippen molar-refractivity contribution in [3.8, 4) is 0 Å². The number of nitrogens with one attached hydrogen (secondary N) is 2. The van der Waals surface area contributed by atoms with Crippen molar-refractivity contribution in [3.63, 3.8) is 0 Å². The molecule has 23 heavy (non-hydrogen) atoms. The summed E-state index contributed by atoms with van der Waals surface area (Å²) in [5.41, 5.74) is 1.26. The maximum Gasteiger partial charge on any atom is 0.257 e. The molecule has 0 saturated carbocycles. The molecule has 7 heteroatoms. The Kier molecular flexibility index (Phi) is 5.02. The molecule has 0 heterocycles. The van der Waals surface area contributed by atoms with Gasteiger partial charge in [0, 0.05) is 11.3 Å². The Bertz CT molecular complexity index is 793. The van der Waals surface area contributed by atoms with E-state index in [9.17, 15) is 19.1 Å². The first-order valence-electron chi connectivity index (χ1n) is 6.56. The van der Waals surface area contributed by atoms with Crippen LogP contribution in [0.4, 0.5) is 10.1 Å². The van der Waals surface area contributed by atoms with Gasteiger partial charge in [-0.15, -0.1) is 0 Å². The fourth-order valence-corrected chi connectivity index (χ4v) is 2.04. The summed E-state index contributed by atoms with van der Waals surface area (Å²) in [6.45, 7) is 1.75. The van der Waals surface area contributed by atoms with E-state index in [0.29, 0.717) is 5.69 Å². The molecule has 2 aromatic carbocycles. The van der Waals surface area contributed by atoms with Crippen LogP contribution in [-0.4, -0.2) is 17.0 Å². The Morgan fingerprint density at radius 1 is 1.13 bits per heavy atom. The minimum Gasteiger partial charge on any atom is -0.545 e. The van der Waals surface area contributed by atoms with Gasteiger partial charge in [-0.05, 0) is 54.5 Å². The second-order valence-electron chi connectivity index (χ2n) is 4.74. The highest BCUT2D eigenvalue weighted by molar-refractivity contribution is 7.80. The number of benzene rings is 2. The largest absolute Gasteiger partial charge is 0.545 e. The van der Waals surface area contributed by atoms with E-state index in [4.69, 9.17) is 12.2 Å². The lowest BCUT2D eigenvalue weighted by atomic mass is 10.1. The van der Waals surface area contributed by atoms with Crippen LogP contribution >= 0.6 is 12.2 Å². The summed E-state index contributed by atoms with van der Waals surface area (Å²) in [5, 5.41) is 16.0. The number of hydrogen-bond acceptors (Lipinski definition) is 4. The fourth-order valence-electron chi connectivity index (χ4n) is 1.84. The predicted octanol–water partition coefficient (Wildman–Crippen LogP) is 1.62. The normalized spacial score (nSPS) is 10.0. The molecule has 0 aliphatic rings. The monoisotopic (exact) mass is 331 g/mol. The Balaban J connectivity index is 2.09. The molecule has 0 aliphatic carbocycles. The van der Waals surface area contributed by atoms with Crippen LogP contribution in [0.3, 0.4) is 0 Å². The molecule has 2 aromatic rings. The molecule has 0 spiro atoms. The van der Waals surface area contributed by atoms with E-state index in [-0.39, 0.29) is 16.2 Å². The molecular formula is C16H12FN2O3S-. The SMILES string of the molecule is Cc1ccc(C(=O)[O-])cc1NC(=S)NC(=O)c1cccc(F)c1. The van der Waals surface area contributed by atoms with Gasteiger partial charge >= 0.3 is 0 Å². The van der Waals surface area contributed by atoms with Crippen molar-refractivity contribution >= 4 is 34.9 Å². The number of rotatable bonds is 3. The average Bonchev–Trinajstić information content (AvgIpc) is 2.49. The van der Waals surface area contributed by atoms with Crippen molar-refractivity contribution in [2.24, 2.45) is 0 Å². The predicted molar refractivity (Wildman–Crippen MR) is 85.6 cm³/mol. The zero-order valence-electron chi connectivity index (χ0n) is 12.1. The maximum absolute atomic E-state index is 13.1. The van der Waals surface area contributed by atoms with E-state index in [0.717, 1.165) is 11.6 Å². The molecule has 0 aromatic heterocycles. The molecule has 5 nitrogen and oxygen atoms in total. The number of amides is 1. The topological polar surface area (TPSA) is 81.3 Å². The van der Waals surface area contributed by atoms with Gasteiger partial charge in [-0.1, -0.05) is 18.2 Å². The van der Waals surface area contributed by atoms with Crippen molar-refractivity contribution in [1.29, 1.82) is 0 Å². The number of thiocarbonyl (C=S) groups is 1. The number of anilines is 1. The Hall–Kier alpha value is -2.80. The number of halogens is 1. The van der Waals surface area contributed by atoms with Gasteiger partial charge in [-0.2, -0.15) is 0 Å². The van der Waals surface area contributed by atoms with Gasteiger partial charge in [0.25, 0.3) is 5.91 Å². The van der Waals surface area contributed by atoms with Crippen LogP contribution in [0.2, 0.25) is 0 Å². The highest BCUT2D eigenvalue weighted by Gasteiger charge is 2.10. The summed E-state index contributed by atoms with van der Waals surface area (Å²) in [6, 6.07) is 9.51. The van der Waals surface area contributed by atoms with Gasteiger partial charge in [-0.3, -0.25) is 10.1 Å². The summed E-state index contributed by atoms with van der Waals surface area (Å²) in [4.78, 5) is 22.8. The van der Waals surface area contributed by atoms with Crippen LogP contribution in [0.5, 0.6) is 0 Å². The van der Waals surface area contributed by atoms with Crippen LogP contribution in [0, 0.1) is 12.7 Å². The van der Waals surface area contributed by atoms with Crippen LogP contribution < -0.4 is 15.7 Å². The minimum atomic E-state index is -1.32. The lowest BCUT2D eigenvalue weighted by molar-refractivity contribution is -0.255. The smallest absolute Gasteiger partial charge is 0.257 e. The summed E-state index contributed by atoms with van der Waals surface area (Å²) < 4.78 is 13.1. The Labute approximate surface area is 137 Å². The number of carbonyl (C=O) groups is 2. The molecule has 0 aliphatic heterocycles. The molecule has 0 unspecified atom stereocenters. The van der Waals surface area contributed by atoms with Gasteiger partial charge in [0.1, 0.15) is 5.82 Å². The highest BCUT2D eigenvalue weighted by atomic mass is 32.1. The highest BCUT2D eigenvalue weighted by Crippen LogP contribution is 2.16. The Morgan fingerprint density at radius 2 is 1.87 bits per heavy atom. The maximum atomic E-state index is 13.1. The summed E-state index contributed by atoms with van der Waals surface area (Å²) in [6.07, 6.45) is 0. The van der Waals surface area contributed by atoms with Crippen molar-refractivity contribution in [2.45, 2.75) is 6.92 Å². The standard InChI is InChI=1S/C16H13FN2O3S/c1-9-5-6-11(15(21)22)8-13(9)18-16(23)19-14(20)10-3-2-4-12(17)7-10/h2-8H,1H3,(H,21,22)(H2,18,19,20,23)/p-1. The molecule has 118 valence electrons. The molecular weight excluding hydrogens is 319 g/mol. The third-order valence-corrected chi connectivity index (χ3v) is 3.24. The molecule has 1 amide bonds. The fraction of sp³-hybridized carbons (Fsp3) is 0.0625. The van der Waals surface area contributed by atoms with Crippen LogP contribution in [0.25, 0.3) is 0 Å². The zero-order valence-corrected chi connectivity index (χ0v) is 12.9. The number of carbonyl (C=O) groups excluding carboxylic acids is 2. The third kappa shape index (κ3) is 4.33. The number of aromatic carboxylic acids is 1. The number of hydrogen-bond donors (Lipinski definition) is 2.